The first-order valence-corrected chi connectivity index (χ1v) is 5.19. The maximum Gasteiger partial charge on any atom is 0.211 e. The Morgan fingerprint density at radius 1 is 1.35 bits per heavy atom. The Labute approximate surface area is 99.0 Å². The van der Waals surface area contributed by atoms with Crippen LogP contribution in [-0.2, 0) is 18.4 Å². The zero-order valence-electron chi connectivity index (χ0n) is 9.46. The van der Waals surface area contributed by atoms with Gasteiger partial charge in [0, 0.05) is 18.9 Å². The van der Waals surface area contributed by atoms with E-state index in [-0.39, 0.29) is 0 Å². The number of carbonyl (C=O) groups excluding carboxylic acids is 1. The van der Waals surface area contributed by atoms with Gasteiger partial charge in [-0.3, -0.25) is 9.48 Å². The number of hydrogen-bond acceptors (Lipinski definition) is 3. The largest absolute Gasteiger partial charge is 0.487 e. The minimum atomic E-state index is 0.469. The second kappa shape index (κ2) is 5.16. The Balaban J connectivity index is 1.95. The van der Waals surface area contributed by atoms with Crippen LogP contribution in [0.4, 0.5) is 5.69 Å². The molecule has 1 amide bonds. The topological polar surface area (TPSA) is 56.1 Å². The highest BCUT2D eigenvalue weighted by Gasteiger charge is 2.00. The molecule has 2 aromatic rings. The maximum atomic E-state index is 10.2. The van der Waals surface area contributed by atoms with E-state index in [1.54, 1.807) is 23.0 Å². The smallest absolute Gasteiger partial charge is 0.211 e. The minimum Gasteiger partial charge on any atom is -0.487 e. The quantitative estimate of drug-likeness (QED) is 0.794. The number of aromatic nitrogens is 2. The van der Waals surface area contributed by atoms with Crippen LogP contribution in [0, 0.1) is 0 Å². The maximum absolute atomic E-state index is 10.2. The first-order chi connectivity index (χ1) is 8.29. The molecule has 0 aliphatic carbocycles. The standard InChI is InChI=1S/C12H13N3O2/c1-15-11(6-7-14-15)8-17-12-4-2-10(3-5-12)13-9-16/h2-7,9H,8H2,1H3,(H,13,16). The van der Waals surface area contributed by atoms with Crippen LogP contribution in [0.25, 0.3) is 0 Å². The van der Waals surface area contributed by atoms with Crippen LogP contribution in [0.5, 0.6) is 5.75 Å². The van der Waals surface area contributed by atoms with Gasteiger partial charge in [-0.25, -0.2) is 0 Å². The first-order valence-electron chi connectivity index (χ1n) is 5.19. The molecule has 0 bridgehead atoms. The Kier molecular flexibility index (Phi) is 3.40. The molecule has 0 aliphatic heterocycles. The number of benzene rings is 1. The van der Waals surface area contributed by atoms with Crippen molar-refractivity contribution in [2.45, 2.75) is 6.61 Å². The van der Waals surface area contributed by atoms with E-state index in [1.807, 2.05) is 25.2 Å². The van der Waals surface area contributed by atoms with Gasteiger partial charge in [0.25, 0.3) is 0 Å². The van der Waals surface area contributed by atoms with E-state index in [0.29, 0.717) is 13.0 Å². The van der Waals surface area contributed by atoms with Gasteiger partial charge in [-0.05, 0) is 30.3 Å². The number of anilines is 1. The van der Waals surface area contributed by atoms with E-state index < -0.39 is 0 Å². The van der Waals surface area contributed by atoms with E-state index >= 15 is 0 Å². The van der Waals surface area contributed by atoms with Crippen molar-refractivity contribution in [1.29, 1.82) is 0 Å². The van der Waals surface area contributed by atoms with Crippen LogP contribution < -0.4 is 10.1 Å². The van der Waals surface area contributed by atoms with Gasteiger partial charge in [0.1, 0.15) is 12.4 Å². The molecule has 0 unspecified atom stereocenters. The molecule has 0 saturated heterocycles. The molecular formula is C12H13N3O2. The molecule has 0 aliphatic rings. The molecule has 2 rings (SSSR count). The summed E-state index contributed by atoms with van der Waals surface area (Å²) in [4.78, 5) is 10.2. The molecule has 0 radical (unpaired) electrons. The number of amides is 1. The second-order valence-corrected chi connectivity index (χ2v) is 3.52. The highest BCUT2D eigenvalue weighted by molar-refractivity contribution is 5.71. The summed E-state index contributed by atoms with van der Waals surface area (Å²) < 4.78 is 7.35. The summed E-state index contributed by atoms with van der Waals surface area (Å²) in [6.45, 7) is 0.469. The molecule has 1 heterocycles. The predicted octanol–water partition coefficient (Wildman–Crippen LogP) is 1.57. The van der Waals surface area contributed by atoms with E-state index in [2.05, 4.69) is 10.4 Å². The van der Waals surface area contributed by atoms with Crippen molar-refractivity contribution < 1.29 is 9.53 Å². The van der Waals surface area contributed by atoms with Crippen molar-refractivity contribution in [2.75, 3.05) is 5.32 Å². The molecule has 0 saturated carbocycles. The van der Waals surface area contributed by atoms with E-state index in [0.717, 1.165) is 17.1 Å². The predicted molar refractivity (Wildman–Crippen MR) is 63.7 cm³/mol. The Morgan fingerprint density at radius 2 is 2.12 bits per heavy atom. The summed E-state index contributed by atoms with van der Waals surface area (Å²) in [5.74, 6) is 0.752. The molecule has 1 aromatic heterocycles. The van der Waals surface area contributed by atoms with Gasteiger partial charge in [-0.15, -0.1) is 0 Å². The lowest BCUT2D eigenvalue weighted by molar-refractivity contribution is -0.105. The fourth-order valence-corrected chi connectivity index (χ4v) is 1.42. The fourth-order valence-electron chi connectivity index (χ4n) is 1.42. The van der Waals surface area contributed by atoms with Crippen LogP contribution in [0.3, 0.4) is 0 Å². The third kappa shape index (κ3) is 2.84. The summed E-state index contributed by atoms with van der Waals surface area (Å²) in [6, 6.07) is 9.09. The average molecular weight is 231 g/mol. The van der Waals surface area contributed by atoms with E-state index in [9.17, 15) is 4.79 Å². The van der Waals surface area contributed by atoms with Crippen molar-refractivity contribution in [3.63, 3.8) is 0 Å². The lowest BCUT2D eigenvalue weighted by Gasteiger charge is -2.07. The Hall–Kier alpha value is -2.30. The zero-order chi connectivity index (χ0) is 12.1. The van der Waals surface area contributed by atoms with Gasteiger partial charge >= 0.3 is 0 Å². The Morgan fingerprint density at radius 3 is 2.71 bits per heavy atom. The average Bonchev–Trinajstić information content (AvgIpc) is 2.75. The number of rotatable bonds is 5. The van der Waals surface area contributed by atoms with Crippen molar-refractivity contribution in [2.24, 2.45) is 7.05 Å². The van der Waals surface area contributed by atoms with Crippen molar-refractivity contribution in [3.8, 4) is 5.75 Å². The Bertz CT molecular complexity index is 491. The number of nitrogens with zero attached hydrogens (tertiary/aromatic N) is 2. The second-order valence-electron chi connectivity index (χ2n) is 3.52. The van der Waals surface area contributed by atoms with Crippen molar-refractivity contribution in [1.82, 2.24) is 9.78 Å². The molecule has 1 N–H and O–H groups in total. The molecule has 0 fully saturated rings. The van der Waals surface area contributed by atoms with Crippen molar-refractivity contribution >= 4 is 12.1 Å². The van der Waals surface area contributed by atoms with Gasteiger partial charge in [-0.1, -0.05) is 0 Å². The summed E-state index contributed by atoms with van der Waals surface area (Å²) in [5, 5.41) is 6.62. The number of nitrogens with one attached hydrogen (secondary N) is 1. The molecule has 0 spiro atoms. The number of hydrogen-bond donors (Lipinski definition) is 1. The number of carbonyl (C=O) groups is 1. The van der Waals surface area contributed by atoms with Crippen LogP contribution >= 0.6 is 0 Å². The SMILES string of the molecule is Cn1nccc1COc1ccc(NC=O)cc1. The molecule has 5 nitrogen and oxygen atoms in total. The third-order valence-corrected chi connectivity index (χ3v) is 2.39. The molecule has 5 heteroatoms. The fraction of sp³-hybridized carbons (Fsp3) is 0.167. The van der Waals surface area contributed by atoms with E-state index in [4.69, 9.17) is 4.74 Å². The van der Waals surface area contributed by atoms with Crippen LogP contribution in [0.2, 0.25) is 0 Å². The molecule has 17 heavy (non-hydrogen) atoms. The number of aryl methyl sites for hydroxylation is 1. The van der Waals surface area contributed by atoms with Gasteiger partial charge in [0.15, 0.2) is 0 Å². The lowest BCUT2D eigenvalue weighted by Crippen LogP contribution is -2.03. The zero-order valence-corrected chi connectivity index (χ0v) is 9.46. The molecular weight excluding hydrogens is 218 g/mol. The highest BCUT2D eigenvalue weighted by atomic mass is 16.5. The van der Waals surface area contributed by atoms with Crippen LogP contribution in [-0.4, -0.2) is 16.2 Å². The minimum absolute atomic E-state index is 0.469. The highest BCUT2D eigenvalue weighted by Crippen LogP contribution is 2.16. The molecule has 1 aromatic carbocycles. The molecule has 0 atom stereocenters. The van der Waals surface area contributed by atoms with Gasteiger partial charge in [-0.2, -0.15) is 5.10 Å². The molecule has 88 valence electrons. The first kappa shape index (κ1) is 11.2. The normalized spacial score (nSPS) is 9.94. The van der Waals surface area contributed by atoms with Crippen LogP contribution in [0.15, 0.2) is 36.5 Å². The monoisotopic (exact) mass is 231 g/mol. The van der Waals surface area contributed by atoms with E-state index in [1.165, 1.54) is 0 Å². The lowest BCUT2D eigenvalue weighted by atomic mass is 10.3. The van der Waals surface area contributed by atoms with Crippen molar-refractivity contribution in [3.05, 3.63) is 42.2 Å². The van der Waals surface area contributed by atoms with Gasteiger partial charge in [0.05, 0.1) is 5.69 Å². The summed E-state index contributed by atoms with van der Waals surface area (Å²) in [7, 11) is 1.87. The van der Waals surface area contributed by atoms with Crippen LogP contribution in [0.1, 0.15) is 5.69 Å². The van der Waals surface area contributed by atoms with Gasteiger partial charge in [0.2, 0.25) is 6.41 Å². The summed E-state index contributed by atoms with van der Waals surface area (Å²) in [6.07, 6.45) is 2.38. The summed E-state index contributed by atoms with van der Waals surface area (Å²) >= 11 is 0. The number of ether oxygens (including phenoxy) is 1. The summed E-state index contributed by atoms with van der Waals surface area (Å²) in [5.41, 5.74) is 1.74. The van der Waals surface area contributed by atoms with Gasteiger partial charge < -0.3 is 10.1 Å². The third-order valence-electron chi connectivity index (χ3n) is 2.39.